The average molecular weight is 129 g/mol. The predicted octanol–water partition coefficient (Wildman–Crippen LogP) is -0.0438. The van der Waals surface area contributed by atoms with E-state index in [2.05, 4.69) is 0 Å². The molecule has 3 nitrogen and oxygen atoms in total. The van der Waals surface area contributed by atoms with Gasteiger partial charge < -0.3 is 15.6 Å². The molecule has 1 aliphatic rings. The van der Waals surface area contributed by atoms with Gasteiger partial charge in [0.1, 0.15) is 11.8 Å². The van der Waals surface area contributed by atoms with E-state index >= 15 is 0 Å². The van der Waals surface area contributed by atoms with Crippen LogP contribution in [0.3, 0.4) is 0 Å². The van der Waals surface area contributed by atoms with Crippen LogP contribution in [0.1, 0.15) is 13.3 Å². The molecular weight excluding hydrogens is 118 g/mol. The lowest BCUT2D eigenvalue weighted by Gasteiger charge is -2.23. The molecule has 3 N–H and O–H groups in total. The first-order valence-corrected chi connectivity index (χ1v) is 2.92. The van der Waals surface area contributed by atoms with Crippen molar-refractivity contribution in [2.45, 2.75) is 25.2 Å². The first-order chi connectivity index (χ1) is 4.11. The van der Waals surface area contributed by atoms with Gasteiger partial charge in [-0.25, -0.2) is 0 Å². The summed E-state index contributed by atoms with van der Waals surface area (Å²) in [6.45, 7) is 1.53. The number of ether oxygens (including phenoxy) is 1. The second-order valence-electron chi connectivity index (χ2n) is 2.46. The Morgan fingerprint density at radius 1 is 1.89 bits per heavy atom. The Morgan fingerprint density at radius 3 is 2.78 bits per heavy atom. The van der Waals surface area contributed by atoms with E-state index in [-0.39, 0.29) is 6.10 Å². The third-order valence-corrected chi connectivity index (χ3v) is 1.34. The van der Waals surface area contributed by atoms with E-state index in [0.717, 1.165) is 0 Å². The Morgan fingerprint density at radius 2 is 2.56 bits per heavy atom. The number of rotatable bonds is 1. The van der Waals surface area contributed by atoms with E-state index in [1.807, 2.05) is 6.08 Å². The Balaban J connectivity index is 2.46. The number of hydrogen-bond donors (Lipinski definition) is 2. The minimum Gasteiger partial charge on any atom is -0.494 e. The number of hydrogen-bond acceptors (Lipinski definition) is 3. The van der Waals surface area contributed by atoms with Crippen molar-refractivity contribution in [2.75, 3.05) is 0 Å². The van der Waals surface area contributed by atoms with Gasteiger partial charge in [0.05, 0.1) is 6.26 Å². The summed E-state index contributed by atoms with van der Waals surface area (Å²) in [5.41, 5.74) is 4.13. The molecule has 0 spiro atoms. The van der Waals surface area contributed by atoms with Crippen molar-refractivity contribution >= 4 is 0 Å². The average Bonchev–Trinajstić information content (AvgIpc) is 2.08. The molecule has 9 heavy (non-hydrogen) atoms. The summed E-state index contributed by atoms with van der Waals surface area (Å²) in [6.07, 6.45) is 3.83. The van der Waals surface area contributed by atoms with E-state index in [1.54, 1.807) is 6.26 Å². The van der Waals surface area contributed by atoms with Crippen molar-refractivity contribution < 1.29 is 9.84 Å². The predicted molar refractivity (Wildman–Crippen MR) is 33.4 cm³/mol. The summed E-state index contributed by atoms with van der Waals surface area (Å²) < 4.78 is 4.96. The summed E-state index contributed by atoms with van der Waals surface area (Å²) in [4.78, 5) is 0. The fraction of sp³-hybridized carbons (Fsp3) is 0.667. The smallest absolute Gasteiger partial charge is 0.148 e. The summed E-state index contributed by atoms with van der Waals surface area (Å²) >= 11 is 0. The highest BCUT2D eigenvalue weighted by Gasteiger charge is 2.29. The monoisotopic (exact) mass is 129 g/mol. The normalized spacial score (nSPS) is 31.7. The highest BCUT2D eigenvalue weighted by molar-refractivity contribution is 4.93. The van der Waals surface area contributed by atoms with Crippen LogP contribution in [0, 0.1) is 0 Å². The van der Waals surface area contributed by atoms with Crippen LogP contribution in [0.2, 0.25) is 0 Å². The van der Waals surface area contributed by atoms with Gasteiger partial charge in [0, 0.05) is 6.42 Å². The van der Waals surface area contributed by atoms with Crippen LogP contribution in [0.15, 0.2) is 12.3 Å². The maximum absolute atomic E-state index is 9.13. The first-order valence-electron chi connectivity index (χ1n) is 2.92. The summed E-state index contributed by atoms with van der Waals surface area (Å²) in [5.74, 6) is 0. The van der Waals surface area contributed by atoms with Gasteiger partial charge in [-0.2, -0.15) is 0 Å². The van der Waals surface area contributed by atoms with Crippen molar-refractivity contribution in [3.8, 4) is 0 Å². The van der Waals surface area contributed by atoms with Crippen molar-refractivity contribution in [1.29, 1.82) is 0 Å². The summed E-state index contributed by atoms with van der Waals surface area (Å²) in [7, 11) is 0. The largest absolute Gasteiger partial charge is 0.494 e. The quantitative estimate of drug-likeness (QED) is 0.488. The molecule has 0 radical (unpaired) electrons. The molecule has 0 aromatic heterocycles. The SMILES string of the molecule is CC(N)(O)C1CC=CO1. The highest BCUT2D eigenvalue weighted by Crippen LogP contribution is 2.16. The Bertz CT molecular complexity index is 118. The molecule has 1 aliphatic heterocycles. The van der Waals surface area contributed by atoms with Gasteiger partial charge in [-0.3, -0.25) is 0 Å². The molecule has 0 saturated heterocycles. The summed E-state index contributed by atoms with van der Waals surface area (Å²) in [5, 5.41) is 9.13. The zero-order chi connectivity index (χ0) is 6.91. The second kappa shape index (κ2) is 2.01. The van der Waals surface area contributed by atoms with Gasteiger partial charge in [-0.15, -0.1) is 0 Å². The van der Waals surface area contributed by atoms with E-state index < -0.39 is 5.72 Å². The molecule has 3 heteroatoms. The molecule has 0 bridgehead atoms. The van der Waals surface area contributed by atoms with E-state index in [4.69, 9.17) is 15.6 Å². The van der Waals surface area contributed by atoms with Crippen molar-refractivity contribution in [3.05, 3.63) is 12.3 Å². The molecule has 52 valence electrons. The van der Waals surface area contributed by atoms with Gasteiger partial charge in [0.25, 0.3) is 0 Å². The van der Waals surface area contributed by atoms with Crippen LogP contribution < -0.4 is 5.73 Å². The van der Waals surface area contributed by atoms with E-state index in [0.29, 0.717) is 6.42 Å². The third-order valence-electron chi connectivity index (χ3n) is 1.34. The van der Waals surface area contributed by atoms with E-state index in [1.165, 1.54) is 6.92 Å². The van der Waals surface area contributed by atoms with Gasteiger partial charge in [-0.05, 0) is 13.0 Å². The van der Waals surface area contributed by atoms with Crippen molar-refractivity contribution in [3.63, 3.8) is 0 Å². The molecule has 0 aliphatic carbocycles. The zero-order valence-corrected chi connectivity index (χ0v) is 5.37. The van der Waals surface area contributed by atoms with Gasteiger partial charge in [-0.1, -0.05) is 0 Å². The standard InChI is InChI=1S/C6H11NO2/c1-6(7,8)5-3-2-4-9-5/h2,4-5,8H,3,7H2,1H3. The van der Waals surface area contributed by atoms with Crippen LogP contribution in [-0.2, 0) is 4.74 Å². The third kappa shape index (κ3) is 1.43. The van der Waals surface area contributed by atoms with Gasteiger partial charge >= 0.3 is 0 Å². The molecule has 0 saturated carbocycles. The van der Waals surface area contributed by atoms with Crippen LogP contribution in [0.4, 0.5) is 0 Å². The molecule has 0 amide bonds. The second-order valence-corrected chi connectivity index (χ2v) is 2.46. The molecule has 1 heterocycles. The van der Waals surface area contributed by atoms with Crippen LogP contribution >= 0.6 is 0 Å². The Labute approximate surface area is 54.1 Å². The number of nitrogens with two attached hydrogens (primary N) is 1. The maximum Gasteiger partial charge on any atom is 0.148 e. The Hall–Kier alpha value is -0.540. The zero-order valence-electron chi connectivity index (χ0n) is 5.37. The van der Waals surface area contributed by atoms with Crippen molar-refractivity contribution in [1.82, 2.24) is 0 Å². The van der Waals surface area contributed by atoms with Crippen molar-refractivity contribution in [2.24, 2.45) is 5.73 Å². The minimum atomic E-state index is -1.20. The first kappa shape index (κ1) is 6.58. The lowest BCUT2D eigenvalue weighted by Crippen LogP contribution is -2.47. The molecular formula is C6H11NO2. The fourth-order valence-electron chi connectivity index (χ4n) is 0.761. The molecule has 0 aromatic carbocycles. The molecule has 0 aromatic rings. The lowest BCUT2D eigenvalue weighted by molar-refractivity contribution is -0.0521. The molecule has 0 fully saturated rings. The molecule has 2 atom stereocenters. The molecule has 1 rings (SSSR count). The maximum atomic E-state index is 9.13. The minimum absolute atomic E-state index is 0.266. The van der Waals surface area contributed by atoms with Gasteiger partial charge in [0.15, 0.2) is 0 Å². The van der Waals surface area contributed by atoms with Crippen LogP contribution in [-0.4, -0.2) is 16.9 Å². The van der Waals surface area contributed by atoms with Crippen LogP contribution in [0.25, 0.3) is 0 Å². The summed E-state index contributed by atoms with van der Waals surface area (Å²) in [6, 6.07) is 0. The fourth-order valence-corrected chi connectivity index (χ4v) is 0.761. The van der Waals surface area contributed by atoms with Gasteiger partial charge in [0.2, 0.25) is 0 Å². The topological polar surface area (TPSA) is 55.5 Å². The van der Waals surface area contributed by atoms with Crippen LogP contribution in [0.5, 0.6) is 0 Å². The highest BCUT2D eigenvalue weighted by atomic mass is 16.5. The molecule has 2 unspecified atom stereocenters. The van der Waals surface area contributed by atoms with E-state index in [9.17, 15) is 0 Å². The Kier molecular flexibility index (Phi) is 1.47. The lowest BCUT2D eigenvalue weighted by atomic mass is 10.1. The number of aliphatic hydroxyl groups is 1.